The highest BCUT2D eigenvalue weighted by Gasteiger charge is 2.37. The third-order valence-electron chi connectivity index (χ3n) is 13.5. The van der Waals surface area contributed by atoms with Crippen molar-refractivity contribution in [1.82, 2.24) is 0 Å². The zero-order valence-electron chi connectivity index (χ0n) is 35.6. The molecule has 0 fully saturated rings. The molecule has 0 atom stereocenters. The minimum Gasteiger partial charge on any atom is -0.309 e. The van der Waals surface area contributed by atoms with Crippen LogP contribution in [0.5, 0.6) is 0 Å². The smallest absolute Gasteiger partial charge is 0.0625 e. The summed E-state index contributed by atoms with van der Waals surface area (Å²) < 4.78 is 0. The lowest BCUT2D eigenvalue weighted by atomic mass is 9.69. The Balaban J connectivity index is 1.06. The maximum absolute atomic E-state index is 2.52. The SMILES string of the molecule is c1ccc(-c2ccc(N(c3ccc(-c4ccc5c(ccc6ccccc65)c4)cc3)c3c4c(cc5ccccc35)-c3c-4c(-c4ccccc4)c4ccccc4c3-c3ccccc3)cc2)cc1. The van der Waals surface area contributed by atoms with Gasteiger partial charge in [0.05, 0.1) is 5.69 Å². The van der Waals surface area contributed by atoms with E-state index in [-0.39, 0.29) is 0 Å². The molecular weight excluding hydrogens is 783 g/mol. The second-order valence-corrected chi connectivity index (χ2v) is 17.2. The van der Waals surface area contributed by atoms with Crippen molar-refractivity contribution in [3.63, 3.8) is 0 Å². The second kappa shape index (κ2) is 15.1. The molecule has 1 aliphatic rings. The van der Waals surface area contributed by atoms with Gasteiger partial charge in [-0.3, -0.25) is 0 Å². The molecule has 0 radical (unpaired) electrons. The maximum atomic E-state index is 2.52. The Morgan fingerprint density at radius 3 is 1.25 bits per heavy atom. The van der Waals surface area contributed by atoms with Crippen molar-refractivity contribution in [3.8, 4) is 66.8 Å². The van der Waals surface area contributed by atoms with Crippen LogP contribution in [0.1, 0.15) is 0 Å². The van der Waals surface area contributed by atoms with E-state index in [1.807, 2.05) is 0 Å². The van der Waals surface area contributed by atoms with Gasteiger partial charge in [-0.2, -0.15) is 0 Å². The predicted molar refractivity (Wildman–Crippen MR) is 277 cm³/mol. The van der Waals surface area contributed by atoms with Crippen LogP contribution in [-0.2, 0) is 0 Å². The van der Waals surface area contributed by atoms with Crippen LogP contribution in [0, 0.1) is 0 Å². The van der Waals surface area contributed by atoms with Crippen LogP contribution in [0.2, 0.25) is 0 Å². The average Bonchev–Trinajstić information content (AvgIpc) is 3.38. The number of hydrogen-bond acceptors (Lipinski definition) is 1. The molecule has 1 aliphatic carbocycles. The third kappa shape index (κ3) is 6.01. The lowest BCUT2D eigenvalue weighted by molar-refractivity contribution is 1.29. The molecule has 0 heterocycles. The van der Waals surface area contributed by atoms with E-state index in [1.165, 1.54) is 116 Å². The summed E-state index contributed by atoms with van der Waals surface area (Å²) in [6.07, 6.45) is 0. The number of hydrogen-bond donors (Lipinski definition) is 0. The Morgan fingerprint density at radius 1 is 0.215 bits per heavy atom. The summed E-state index contributed by atoms with van der Waals surface area (Å²) in [4.78, 5) is 2.52. The van der Waals surface area contributed by atoms with Gasteiger partial charge in [0.15, 0.2) is 0 Å². The molecule has 65 heavy (non-hydrogen) atoms. The fourth-order valence-electron chi connectivity index (χ4n) is 10.6. The van der Waals surface area contributed by atoms with E-state index in [0.717, 1.165) is 11.4 Å². The first-order chi connectivity index (χ1) is 32.3. The Hall–Kier alpha value is -8.52. The topological polar surface area (TPSA) is 3.24 Å². The molecular formula is C64H41N. The first kappa shape index (κ1) is 37.1. The zero-order valence-corrected chi connectivity index (χ0v) is 35.6. The first-order valence-corrected chi connectivity index (χ1v) is 22.5. The maximum Gasteiger partial charge on any atom is 0.0625 e. The Morgan fingerprint density at radius 2 is 0.631 bits per heavy atom. The normalized spacial score (nSPS) is 11.7. The summed E-state index contributed by atoms with van der Waals surface area (Å²) in [7, 11) is 0. The van der Waals surface area contributed by atoms with Gasteiger partial charge in [0, 0.05) is 27.9 Å². The number of anilines is 3. The standard InChI is InChI=1S/C64H41N/c1-4-16-42(17-5-1)43-30-35-51(36-31-43)65(52-37-32-44(33-38-52)48-34-39-54-50(40-48)29-28-45-18-10-12-24-53(45)54)64-55-25-13-11-23-49(55)41-58-61-59(46-19-6-2-7-20-46)56-26-14-15-27-57(56)60(63(61)62(58)64)47-21-8-3-9-22-47/h1-41H. The van der Waals surface area contributed by atoms with E-state index in [9.17, 15) is 0 Å². The zero-order chi connectivity index (χ0) is 42.8. The highest BCUT2D eigenvalue weighted by Crippen LogP contribution is 2.64. The van der Waals surface area contributed by atoms with Crippen molar-refractivity contribution < 1.29 is 0 Å². The summed E-state index contributed by atoms with van der Waals surface area (Å²) in [5.41, 5.74) is 18.4. The minimum atomic E-state index is 1.10. The molecule has 0 saturated carbocycles. The molecule has 0 aliphatic heterocycles. The Bertz CT molecular complexity index is 3780. The molecule has 0 spiro atoms. The summed E-state index contributed by atoms with van der Waals surface area (Å²) in [5, 5.41) is 10.0. The van der Waals surface area contributed by atoms with Crippen LogP contribution in [0.25, 0.3) is 110 Å². The van der Waals surface area contributed by atoms with Crippen molar-refractivity contribution in [2.75, 3.05) is 4.90 Å². The molecule has 0 N–H and O–H groups in total. The Labute approximate surface area is 378 Å². The monoisotopic (exact) mass is 823 g/mol. The van der Waals surface area contributed by atoms with Gasteiger partial charge in [-0.25, -0.2) is 0 Å². The van der Waals surface area contributed by atoms with E-state index >= 15 is 0 Å². The number of nitrogens with zero attached hydrogens (tertiary/aromatic N) is 1. The molecule has 0 bridgehead atoms. The molecule has 12 aromatic rings. The van der Waals surface area contributed by atoms with E-state index in [2.05, 4.69) is 254 Å². The highest BCUT2D eigenvalue weighted by atomic mass is 15.1. The van der Waals surface area contributed by atoms with E-state index in [4.69, 9.17) is 0 Å². The molecule has 0 aromatic heterocycles. The lowest BCUT2D eigenvalue weighted by Crippen LogP contribution is -2.16. The van der Waals surface area contributed by atoms with Gasteiger partial charge in [0.2, 0.25) is 0 Å². The molecule has 1 heteroatoms. The van der Waals surface area contributed by atoms with Gasteiger partial charge in [-0.1, -0.05) is 212 Å². The third-order valence-corrected chi connectivity index (χ3v) is 13.5. The van der Waals surface area contributed by atoms with Gasteiger partial charge in [0.1, 0.15) is 0 Å². The first-order valence-electron chi connectivity index (χ1n) is 22.5. The average molecular weight is 824 g/mol. The fourth-order valence-corrected chi connectivity index (χ4v) is 10.6. The van der Waals surface area contributed by atoms with Gasteiger partial charge >= 0.3 is 0 Å². The van der Waals surface area contributed by atoms with Crippen molar-refractivity contribution >= 4 is 60.2 Å². The van der Waals surface area contributed by atoms with Crippen LogP contribution in [0.4, 0.5) is 17.1 Å². The fraction of sp³-hybridized carbons (Fsp3) is 0. The molecule has 0 saturated heterocycles. The number of fused-ring (bicyclic) bond motifs is 9. The largest absolute Gasteiger partial charge is 0.309 e. The molecule has 0 amide bonds. The summed E-state index contributed by atoms with van der Waals surface area (Å²) in [5.74, 6) is 0. The van der Waals surface area contributed by atoms with Crippen LogP contribution in [-0.4, -0.2) is 0 Å². The number of rotatable bonds is 7. The van der Waals surface area contributed by atoms with E-state index < -0.39 is 0 Å². The molecule has 0 unspecified atom stereocenters. The minimum absolute atomic E-state index is 1.10. The van der Waals surface area contributed by atoms with Crippen LogP contribution >= 0.6 is 0 Å². The molecule has 13 rings (SSSR count). The van der Waals surface area contributed by atoms with Crippen molar-refractivity contribution in [2.24, 2.45) is 0 Å². The summed E-state index contributed by atoms with van der Waals surface area (Å²) >= 11 is 0. The number of benzene rings is 12. The van der Waals surface area contributed by atoms with Gasteiger partial charge in [-0.15, -0.1) is 0 Å². The summed E-state index contributed by atoms with van der Waals surface area (Å²) in [6.45, 7) is 0. The van der Waals surface area contributed by atoms with Crippen LogP contribution < -0.4 is 4.90 Å². The van der Waals surface area contributed by atoms with Crippen LogP contribution in [0.15, 0.2) is 249 Å². The quantitative estimate of drug-likeness (QED) is 0.145. The van der Waals surface area contributed by atoms with E-state index in [0.29, 0.717) is 0 Å². The molecule has 1 nitrogen and oxygen atoms in total. The lowest BCUT2D eigenvalue weighted by Gasteiger charge is -2.38. The molecule has 302 valence electrons. The predicted octanol–water partition coefficient (Wildman–Crippen LogP) is 18.1. The van der Waals surface area contributed by atoms with Gasteiger partial charge in [-0.05, 0) is 130 Å². The highest BCUT2D eigenvalue weighted by molar-refractivity contribution is 6.30. The van der Waals surface area contributed by atoms with Crippen molar-refractivity contribution in [1.29, 1.82) is 0 Å². The van der Waals surface area contributed by atoms with E-state index in [1.54, 1.807) is 0 Å². The van der Waals surface area contributed by atoms with Crippen LogP contribution in [0.3, 0.4) is 0 Å². The summed E-state index contributed by atoms with van der Waals surface area (Å²) in [6, 6.07) is 91.4. The van der Waals surface area contributed by atoms with Crippen molar-refractivity contribution in [3.05, 3.63) is 249 Å². The van der Waals surface area contributed by atoms with Crippen molar-refractivity contribution in [2.45, 2.75) is 0 Å². The Kier molecular flexibility index (Phi) is 8.60. The van der Waals surface area contributed by atoms with Gasteiger partial charge < -0.3 is 4.90 Å². The van der Waals surface area contributed by atoms with Gasteiger partial charge in [0.25, 0.3) is 0 Å². The molecule has 12 aromatic carbocycles. The second-order valence-electron chi connectivity index (χ2n) is 17.2.